The van der Waals surface area contributed by atoms with Gasteiger partial charge in [-0.1, -0.05) is 32.8 Å². The first-order chi connectivity index (χ1) is 9.06. The van der Waals surface area contributed by atoms with Gasteiger partial charge in [-0.3, -0.25) is 4.79 Å². The molecule has 1 aromatic rings. The molecule has 0 saturated heterocycles. The van der Waals surface area contributed by atoms with Crippen LogP contribution in [0.15, 0.2) is 22.7 Å². The number of nitrogens with one attached hydrogen (secondary N) is 1. The Morgan fingerprint density at radius 3 is 2.63 bits per heavy atom. The van der Waals surface area contributed by atoms with Crippen molar-refractivity contribution in [2.45, 2.75) is 33.6 Å². The largest absolute Gasteiger partial charge is 0.483 e. The van der Waals surface area contributed by atoms with E-state index in [4.69, 9.17) is 4.74 Å². The molecule has 19 heavy (non-hydrogen) atoms. The second kappa shape index (κ2) is 8.20. The molecule has 1 N–H and O–H groups in total. The second-order valence-corrected chi connectivity index (χ2v) is 5.56. The summed E-state index contributed by atoms with van der Waals surface area (Å²) in [6.45, 7) is 7.07. The van der Waals surface area contributed by atoms with Crippen molar-refractivity contribution in [1.82, 2.24) is 5.32 Å². The molecule has 3 nitrogen and oxygen atoms in total. The summed E-state index contributed by atoms with van der Waals surface area (Å²) in [5.41, 5.74) is 1.15. The molecule has 0 atom stereocenters. The molecule has 0 bridgehead atoms. The van der Waals surface area contributed by atoms with E-state index in [1.54, 1.807) is 0 Å². The third-order valence-electron chi connectivity index (χ3n) is 3.19. The van der Waals surface area contributed by atoms with E-state index in [0.29, 0.717) is 11.7 Å². The fourth-order valence-electron chi connectivity index (χ4n) is 1.75. The predicted octanol–water partition coefficient (Wildman–Crippen LogP) is 3.69. The highest BCUT2D eigenvalue weighted by Crippen LogP contribution is 2.25. The zero-order valence-electron chi connectivity index (χ0n) is 11.8. The average Bonchev–Trinajstić information content (AvgIpc) is 2.39. The lowest BCUT2D eigenvalue weighted by molar-refractivity contribution is -0.123. The molecular formula is C15H22BrNO2. The van der Waals surface area contributed by atoms with Gasteiger partial charge in [-0.05, 0) is 46.5 Å². The van der Waals surface area contributed by atoms with Gasteiger partial charge in [-0.15, -0.1) is 0 Å². The number of amides is 1. The van der Waals surface area contributed by atoms with E-state index >= 15 is 0 Å². The van der Waals surface area contributed by atoms with Gasteiger partial charge in [0.05, 0.1) is 4.47 Å². The number of rotatable bonds is 7. The van der Waals surface area contributed by atoms with Crippen LogP contribution in [0.4, 0.5) is 0 Å². The van der Waals surface area contributed by atoms with Crippen LogP contribution in [-0.4, -0.2) is 19.1 Å². The summed E-state index contributed by atoms with van der Waals surface area (Å²) in [5.74, 6) is 1.18. The predicted molar refractivity (Wildman–Crippen MR) is 81.5 cm³/mol. The van der Waals surface area contributed by atoms with E-state index in [1.807, 2.05) is 25.1 Å². The van der Waals surface area contributed by atoms with Crippen molar-refractivity contribution in [1.29, 1.82) is 0 Å². The lowest BCUT2D eigenvalue weighted by atomic mass is 10.0. The highest BCUT2D eigenvalue weighted by molar-refractivity contribution is 9.10. The fourth-order valence-corrected chi connectivity index (χ4v) is 2.36. The van der Waals surface area contributed by atoms with E-state index in [9.17, 15) is 4.79 Å². The fraction of sp³-hybridized carbons (Fsp3) is 0.533. The summed E-state index contributed by atoms with van der Waals surface area (Å²) in [6, 6.07) is 5.80. The third kappa shape index (κ3) is 5.64. The molecule has 0 unspecified atom stereocenters. The topological polar surface area (TPSA) is 38.3 Å². The number of benzene rings is 1. The molecule has 0 aliphatic heterocycles. The summed E-state index contributed by atoms with van der Waals surface area (Å²) in [7, 11) is 0. The summed E-state index contributed by atoms with van der Waals surface area (Å²) >= 11 is 3.43. The third-order valence-corrected chi connectivity index (χ3v) is 3.81. The molecule has 106 valence electrons. The van der Waals surface area contributed by atoms with Gasteiger partial charge in [0.25, 0.3) is 5.91 Å². The number of ether oxygens (including phenoxy) is 1. The SMILES string of the molecule is CCC(CC)CNC(=O)COc1ccc(C)cc1Br. The van der Waals surface area contributed by atoms with Gasteiger partial charge in [0.15, 0.2) is 6.61 Å². The molecule has 0 aromatic heterocycles. The van der Waals surface area contributed by atoms with Crippen LogP contribution in [0.25, 0.3) is 0 Å². The number of halogens is 1. The maximum atomic E-state index is 11.7. The number of hydrogen-bond acceptors (Lipinski definition) is 2. The van der Waals surface area contributed by atoms with Gasteiger partial charge in [0.1, 0.15) is 5.75 Å². The Balaban J connectivity index is 2.37. The van der Waals surface area contributed by atoms with Gasteiger partial charge in [0, 0.05) is 6.54 Å². The lowest BCUT2D eigenvalue weighted by Crippen LogP contribution is -2.32. The molecule has 0 aliphatic rings. The smallest absolute Gasteiger partial charge is 0.257 e. The van der Waals surface area contributed by atoms with Gasteiger partial charge in [0.2, 0.25) is 0 Å². The minimum absolute atomic E-state index is 0.0574. The van der Waals surface area contributed by atoms with Gasteiger partial charge in [-0.25, -0.2) is 0 Å². The first-order valence-corrected chi connectivity index (χ1v) is 7.51. The van der Waals surface area contributed by atoms with Crippen molar-refractivity contribution in [3.63, 3.8) is 0 Å². The Morgan fingerprint density at radius 2 is 2.05 bits per heavy atom. The monoisotopic (exact) mass is 327 g/mol. The Bertz CT molecular complexity index is 417. The van der Waals surface area contributed by atoms with Crippen molar-refractivity contribution >= 4 is 21.8 Å². The van der Waals surface area contributed by atoms with E-state index < -0.39 is 0 Å². The molecule has 0 fully saturated rings. The van der Waals surface area contributed by atoms with E-state index in [-0.39, 0.29) is 12.5 Å². The van der Waals surface area contributed by atoms with Crippen molar-refractivity contribution in [2.75, 3.05) is 13.2 Å². The van der Waals surface area contributed by atoms with Gasteiger partial charge < -0.3 is 10.1 Å². The summed E-state index contributed by atoms with van der Waals surface area (Å²) in [4.78, 5) is 11.7. The Labute approximate surface area is 123 Å². The molecule has 0 heterocycles. The summed E-state index contributed by atoms with van der Waals surface area (Å²) in [5, 5.41) is 2.91. The minimum atomic E-state index is -0.0700. The van der Waals surface area contributed by atoms with Crippen molar-refractivity contribution in [3.05, 3.63) is 28.2 Å². The summed E-state index contributed by atoms with van der Waals surface area (Å²) in [6.07, 6.45) is 2.17. The van der Waals surface area contributed by atoms with Gasteiger partial charge >= 0.3 is 0 Å². The molecule has 0 spiro atoms. The number of carbonyl (C=O) groups is 1. The zero-order valence-corrected chi connectivity index (χ0v) is 13.4. The van der Waals surface area contributed by atoms with Crippen molar-refractivity contribution < 1.29 is 9.53 Å². The molecule has 4 heteroatoms. The molecular weight excluding hydrogens is 306 g/mol. The van der Waals surface area contributed by atoms with Crippen LogP contribution in [0, 0.1) is 12.8 Å². The molecule has 0 saturated carbocycles. The average molecular weight is 328 g/mol. The van der Waals surface area contributed by atoms with Crippen LogP contribution in [0.2, 0.25) is 0 Å². The van der Waals surface area contributed by atoms with E-state index in [2.05, 4.69) is 35.1 Å². The molecule has 1 amide bonds. The normalized spacial score (nSPS) is 10.6. The molecule has 1 rings (SSSR count). The number of carbonyl (C=O) groups excluding carboxylic acids is 1. The van der Waals surface area contributed by atoms with Crippen LogP contribution >= 0.6 is 15.9 Å². The van der Waals surface area contributed by atoms with E-state index in [0.717, 1.165) is 29.4 Å². The van der Waals surface area contributed by atoms with E-state index in [1.165, 1.54) is 0 Å². The van der Waals surface area contributed by atoms with Crippen LogP contribution in [-0.2, 0) is 4.79 Å². The summed E-state index contributed by atoms with van der Waals surface area (Å²) < 4.78 is 6.37. The maximum absolute atomic E-state index is 11.7. The highest BCUT2D eigenvalue weighted by Gasteiger charge is 2.08. The zero-order chi connectivity index (χ0) is 14.3. The minimum Gasteiger partial charge on any atom is -0.483 e. The Kier molecular flexibility index (Phi) is 6.92. The first kappa shape index (κ1) is 16.0. The molecule has 0 radical (unpaired) electrons. The van der Waals surface area contributed by atoms with Crippen molar-refractivity contribution in [3.8, 4) is 5.75 Å². The Hall–Kier alpha value is -1.03. The molecule has 1 aromatic carbocycles. The van der Waals surface area contributed by atoms with Crippen molar-refractivity contribution in [2.24, 2.45) is 5.92 Å². The quantitative estimate of drug-likeness (QED) is 0.829. The highest BCUT2D eigenvalue weighted by atomic mass is 79.9. The first-order valence-electron chi connectivity index (χ1n) is 6.72. The van der Waals surface area contributed by atoms with Crippen LogP contribution in [0.5, 0.6) is 5.75 Å². The van der Waals surface area contributed by atoms with Crippen LogP contribution in [0.1, 0.15) is 32.3 Å². The van der Waals surface area contributed by atoms with Crippen LogP contribution in [0.3, 0.4) is 0 Å². The molecule has 0 aliphatic carbocycles. The standard InChI is InChI=1S/C15H22BrNO2/c1-4-12(5-2)9-17-15(18)10-19-14-7-6-11(3)8-13(14)16/h6-8,12H,4-5,9-10H2,1-3H3,(H,17,18). The van der Waals surface area contributed by atoms with Gasteiger partial charge in [-0.2, -0.15) is 0 Å². The maximum Gasteiger partial charge on any atom is 0.257 e. The number of hydrogen-bond donors (Lipinski definition) is 1. The number of aryl methyl sites for hydroxylation is 1. The lowest BCUT2D eigenvalue weighted by Gasteiger charge is -2.14. The van der Waals surface area contributed by atoms with Crippen LogP contribution < -0.4 is 10.1 Å². The Morgan fingerprint density at radius 1 is 1.37 bits per heavy atom. The second-order valence-electron chi connectivity index (χ2n) is 4.71.